The highest BCUT2D eigenvalue weighted by molar-refractivity contribution is 6.31. The fraction of sp³-hybridized carbons (Fsp3) is 0.176. The molecule has 2 aromatic carbocycles. The van der Waals surface area contributed by atoms with Gasteiger partial charge in [0.2, 0.25) is 0 Å². The summed E-state index contributed by atoms with van der Waals surface area (Å²) in [4.78, 5) is 24.6. The largest absolute Gasteiger partial charge is 0.497 e. The minimum absolute atomic E-state index is 0.201. The Kier molecular flexibility index (Phi) is 5.17. The molecule has 22 heavy (non-hydrogen) atoms. The van der Waals surface area contributed by atoms with Crippen molar-refractivity contribution in [3.8, 4) is 5.75 Å². The van der Waals surface area contributed by atoms with Crippen LogP contribution >= 0.6 is 11.6 Å². The van der Waals surface area contributed by atoms with Crippen molar-refractivity contribution >= 4 is 23.4 Å². The van der Waals surface area contributed by atoms with E-state index in [0.717, 1.165) is 0 Å². The summed E-state index contributed by atoms with van der Waals surface area (Å²) in [5.41, 5.74) is 0.858. The van der Waals surface area contributed by atoms with Crippen molar-refractivity contribution in [2.24, 2.45) is 0 Å². The third kappa shape index (κ3) is 3.46. The summed E-state index contributed by atoms with van der Waals surface area (Å²) in [6.45, 7) is 1.94. The molecule has 0 atom stereocenters. The zero-order valence-electron chi connectivity index (χ0n) is 12.3. The van der Waals surface area contributed by atoms with E-state index in [2.05, 4.69) is 0 Å². The number of esters is 1. The first-order valence-electron chi connectivity index (χ1n) is 6.72. The summed E-state index contributed by atoms with van der Waals surface area (Å²) in [5, 5.41) is 0.380. The fourth-order valence-electron chi connectivity index (χ4n) is 1.99. The summed E-state index contributed by atoms with van der Waals surface area (Å²) in [5.74, 6) is -0.197. The predicted octanol–water partition coefficient (Wildman–Crippen LogP) is 3.76. The highest BCUT2D eigenvalue weighted by atomic mass is 35.5. The lowest BCUT2D eigenvalue weighted by Crippen LogP contribution is -2.12. The van der Waals surface area contributed by atoms with Crippen LogP contribution in [0.5, 0.6) is 5.75 Å². The molecule has 0 fully saturated rings. The van der Waals surface area contributed by atoms with E-state index in [0.29, 0.717) is 16.3 Å². The minimum atomic E-state index is -0.545. The number of benzene rings is 2. The van der Waals surface area contributed by atoms with Crippen LogP contribution in [0.1, 0.15) is 33.2 Å². The molecule has 0 radical (unpaired) electrons. The van der Waals surface area contributed by atoms with E-state index >= 15 is 0 Å². The Morgan fingerprint density at radius 1 is 1.05 bits per heavy atom. The van der Waals surface area contributed by atoms with Crippen LogP contribution in [-0.4, -0.2) is 25.5 Å². The van der Waals surface area contributed by atoms with Gasteiger partial charge in [-0.3, -0.25) is 4.79 Å². The van der Waals surface area contributed by atoms with Gasteiger partial charge in [-0.1, -0.05) is 11.6 Å². The number of methoxy groups -OCH3 is 1. The summed E-state index contributed by atoms with van der Waals surface area (Å²) in [6, 6.07) is 11.2. The number of ketones is 1. The number of hydrogen-bond acceptors (Lipinski definition) is 4. The number of hydrogen-bond donors (Lipinski definition) is 0. The maximum absolute atomic E-state index is 12.6. The highest BCUT2D eigenvalue weighted by Crippen LogP contribution is 2.22. The number of ether oxygens (including phenoxy) is 2. The molecule has 0 N–H and O–H groups in total. The van der Waals surface area contributed by atoms with Crippen molar-refractivity contribution in [2.45, 2.75) is 6.92 Å². The van der Waals surface area contributed by atoms with E-state index < -0.39 is 5.97 Å². The van der Waals surface area contributed by atoms with Gasteiger partial charge in [-0.25, -0.2) is 4.79 Å². The van der Waals surface area contributed by atoms with Gasteiger partial charge in [0, 0.05) is 16.1 Å². The molecule has 0 heterocycles. The SMILES string of the molecule is CCOC(=O)c1ccc(Cl)cc1C(=O)c1ccc(OC)cc1. The lowest BCUT2D eigenvalue weighted by atomic mass is 9.98. The van der Waals surface area contributed by atoms with Crippen molar-refractivity contribution in [3.05, 3.63) is 64.2 Å². The summed E-state index contributed by atoms with van der Waals surface area (Å²) in [6.07, 6.45) is 0. The molecule has 114 valence electrons. The lowest BCUT2D eigenvalue weighted by molar-refractivity contribution is 0.0523. The molecule has 5 heteroatoms. The number of carbonyl (C=O) groups excluding carboxylic acids is 2. The molecule has 2 rings (SSSR count). The van der Waals surface area contributed by atoms with Crippen LogP contribution in [0.4, 0.5) is 0 Å². The van der Waals surface area contributed by atoms with Crippen molar-refractivity contribution in [3.63, 3.8) is 0 Å². The van der Waals surface area contributed by atoms with Gasteiger partial charge in [0.15, 0.2) is 5.78 Å². The first-order valence-corrected chi connectivity index (χ1v) is 7.10. The standard InChI is InChI=1S/C17H15ClO4/c1-3-22-17(20)14-9-6-12(18)10-15(14)16(19)11-4-7-13(21-2)8-5-11/h4-10H,3H2,1-2H3. The van der Waals surface area contributed by atoms with E-state index in [9.17, 15) is 9.59 Å². The second kappa shape index (κ2) is 7.09. The highest BCUT2D eigenvalue weighted by Gasteiger charge is 2.19. The molecule has 0 aliphatic carbocycles. The monoisotopic (exact) mass is 318 g/mol. The molecule has 0 spiro atoms. The summed E-state index contributed by atoms with van der Waals surface area (Å²) in [7, 11) is 1.55. The van der Waals surface area contributed by atoms with E-state index in [1.807, 2.05) is 0 Å². The Bertz CT molecular complexity index is 692. The van der Waals surface area contributed by atoms with Crippen LogP contribution in [0.3, 0.4) is 0 Å². The van der Waals surface area contributed by atoms with Gasteiger partial charge in [0.05, 0.1) is 19.3 Å². The fourth-order valence-corrected chi connectivity index (χ4v) is 2.16. The third-order valence-electron chi connectivity index (χ3n) is 3.07. The van der Waals surface area contributed by atoms with Crippen molar-refractivity contribution in [1.82, 2.24) is 0 Å². The molecule has 0 bridgehead atoms. The van der Waals surface area contributed by atoms with Gasteiger partial charge in [-0.15, -0.1) is 0 Å². The average molecular weight is 319 g/mol. The van der Waals surface area contributed by atoms with E-state index in [1.54, 1.807) is 44.4 Å². The second-order valence-electron chi connectivity index (χ2n) is 4.47. The molecule has 2 aromatic rings. The van der Waals surface area contributed by atoms with E-state index in [1.165, 1.54) is 12.1 Å². The van der Waals surface area contributed by atoms with Crippen molar-refractivity contribution < 1.29 is 19.1 Å². The van der Waals surface area contributed by atoms with Gasteiger partial charge in [0.25, 0.3) is 0 Å². The van der Waals surface area contributed by atoms with Crippen molar-refractivity contribution in [1.29, 1.82) is 0 Å². The Morgan fingerprint density at radius 3 is 2.32 bits per heavy atom. The van der Waals surface area contributed by atoms with Crippen LogP contribution in [0, 0.1) is 0 Å². The third-order valence-corrected chi connectivity index (χ3v) is 3.31. The Balaban J connectivity index is 2.43. The normalized spacial score (nSPS) is 10.1. The number of rotatable bonds is 5. The van der Waals surface area contributed by atoms with Gasteiger partial charge >= 0.3 is 5.97 Å². The van der Waals surface area contributed by atoms with Gasteiger partial charge in [-0.2, -0.15) is 0 Å². The first kappa shape index (κ1) is 16.0. The van der Waals surface area contributed by atoms with Crippen LogP contribution in [0.2, 0.25) is 5.02 Å². The molecule has 0 saturated carbocycles. The zero-order chi connectivity index (χ0) is 16.1. The van der Waals surface area contributed by atoms with Crippen LogP contribution in [0.15, 0.2) is 42.5 Å². The first-order chi connectivity index (χ1) is 10.6. The molecule has 0 unspecified atom stereocenters. The Morgan fingerprint density at radius 2 is 1.73 bits per heavy atom. The maximum atomic E-state index is 12.6. The molecule has 0 saturated heterocycles. The lowest BCUT2D eigenvalue weighted by Gasteiger charge is -2.09. The number of halogens is 1. The molecular formula is C17H15ClO4. The summed E-state index contributed by atoms with van der Waals surface area (Å²) >= 11 is 5.95. The molecule has 4 nitrogen and oxygen atoms in total. The molecule has 0 aliphatic rings. The summed E-state index contributed by atoms with van der Waals surface area (Å²) < 4.78 is 10.0. The molecule has 0 amide bonds. The predicted molar refractivity (Wildman–Crippen MR) is 83.8 cm³/mol. The Labute approximate surface area is 133 Å². The molecule has 0 aromatic heterocycles. The van der Waals surface area contributed by atoms with Gasteiger partial charge < -0.3 is 9.47 Å². The Hall–Kier alpha value is -2.33. The maximum Gasteiger partial charge on any atom is 0.338 e. The second-order valence-corrected chi connectivity index (χ2v) is 4.90. The van der Waals surface area contributed by atoms with E-state index in [-0.39, 0.29) is 23.5 Å². The van der Waals surface area contributed by atoms with Crippen LogP contribution in [0.25, 0.3) is 0 Å². The van der Waals surface area contributed by atoms with Crippen molar-refractivity contribution in [2.75, 3.05) is 13.7 Å². The quantitative estimate of drug-likeness (QED) is 0.622. The molecular weight excluding hydrogens is 304 g/mol. The minimum Gasteiger partial charge on any atom is -0.497 e. The average Bonchev–Trinajstić information content (AvgIpc) is 2.54. The van der Waals surface area contributed by atoms with Gasteiger partial charge in [0.1, 0.15) is 5.75 Å². The molecule has 0 aliphatic heterocycles. The zero-order valence-corrected chi connectivity index (χ0v) is 13.0. The number of carbonyl (C=O) groups is 2. The van der Waals surface area contributed by atoms with Gasteiger partial charge in [-0.05, 0) is 49.4 Å². The van der Waals surface area contributed by atoms with E-state index in [4.69, 9.17) is 21.1 Å². The smallest absolute Gasteiger partial charge is 0.338 e. The van der Waals surface area contributed by atoms with Crippen LogP contribution < -0.4 is 4.74 Å². The van der Waals surface area contributed by atoms with Crippen LogP contribution in [-0.2, 0) is 4.74 Å². The topological polar surface area (TPSA) is 52.6 Å².